The fourth-order valence-corrected chi connectivity index (χ4v) is 2.83. The first kappa shape index (κ1) is 14.8. The number of nitrogens with two attached hydrogens (primary N) is 1. The van der Waals surface area contributed by atoms with Crippen molar-refractivity contribution in [3.63, 3.8) is 0 Å². The predicted octanol–water partition coefficient (Wildman–Crippen LogP) is 3.16. The monoisotopic (exact) mass is 274 g/mol. The number of amidine groups is 1. The summed E-state index contributed by atoms with van der Waals surface area (Å²) in [7, 11) is 0. The van der Waals surface area contributed by atoms with Crippen LogP contribution in [-0.2, 0) is 0 Å². The first-order valence-corrected chi connectivity index (χ1v) is 7.66. The minimum atomic E-state index is 0.0436. The summed E-state index contributed by atoms with van der Waals surface area (Å²) in [6.07, 6.45) is 6.31. The highest BCUT2D eigenvalue weighted by molar-refractivity contribution is 5.93. The van der Waals surface area contributed by atoms with Crippen molar-refractivity contribution in [2.75, 3.05) is 11.4 Å². The van der Waals surface area contributed by atoms with Crippen LogP contribution in [0.5, 0.6) is 0 Å². The third-order valence-corrected chi connectivity index (χ3v) is 4.02. The van der Waals surface area contributed by atoms with E-state index in [1.165, 1.54) is 32.1 Å². The molecule has 4 heteroatoms. The Morgan fingerprint density at radius 2 is 2.10 bits per heavy atom. The Labute approximate surface area is 121 Å². The molecule has 0 atom stereocenters. The van der Waals surface area contributed by atoms with Gasteiger partial charge in [-0.3, -0.25) is 5.41 Å². The summed E-state index contributed by atoms with van der Waals surface area (Å²) >= 11 is 0. The lowest BCUT2D eigenvalue weighted by Crippen LogP contribution is -2.35. The van der Waals surface area contributed by atoms with E-state index in [9.17, 15) is 0 Å². The minimum absolute atomic E-state index is 0.0436. The number of nitrogens with zero attached hydrogens (tertiary/aromatic N) is 2. The summed E-state index contributed by atoms with van der Waals surface area (Å²) < 4.78 is 0. The van der Waals surface area contributed by atoms with Gasteiger partial charge in [0.1, 0.15) is 17.3 Å². The summed E-state index contributed by atoms with van der Waals surface area (Å²) in [6.45, 7) is 5.55. The number of nitrogen functional groups attached to an aromatic ring is 1. The van der Waals surface area contributed by atoms with Crippen LogP contribution in [0.4, 0.5) is 5.82 Å². The zero-order chi connectivity index (χ0) is 14.5. The molecular weight excluding hydrogens is 248 g/mol. The molecule has 0 aliphatic heterocycles. The Morgan fingerprint density at radius 1 is 1.40 bits per heavy atom. The molecule has 0 amide bonds. The number of pyridine rings is 1. The molecule has 0 unspecified atom stereocenters. The molecule has 110 valence electrons. The highest BCUT2D eigenvalue weighted by Gasteiger charge is 2.23. The standard InChI is InChI=1S/C16H26N4/c1-12(2)10-11-20(13-6-3-4-7-13)15-9-5-8-14(19-15)16(17)18/h5,8-9,12-13H,3-4,6-7,10-11H2,1-2H3,(H3,17,18). The van der Waals surface area contributed by atoms with E-state index in [4.69, 9.17) is 11.1 Å². The van der Waals surface area contributed by atoms with E-state index in [0.29, 0.717) is 17.7 Å². The third kappa shape index (κ3) is 3.71. The molecule has 20 heavy (non-hydrogen) atoms. The van der Waals surface area contributed by atoms with Crippen LogP contribution in [0.15, 0.2) is 18.2 Å². The smallest absolute Gasteiger partial charge is 0.141 e. The number of hydrogen-bond donors (Lipinski definition) is 2. The maximum atomic E-state index is 7.55. The van der Waals surface area contributed by atoms with Crippen LogP contribution in [0, 0.1) is 11.3 Å². The van der Waals surface area contributed by atoms with E-state index in [-0.39, 0.29) is 5.84 Å². The van der Waals surface area contributed by atoms with E-state index in [2.05, 4.69) is 23.7 Å². The van der Waals surface area contributed by atoms with E-state index in [0.717, 1.165) is 12.4 Å². The summed E-state index contributed by atoms with van der Waals surface area (Å²) in [5, 5.41) is 7.55. The van der Waals surface area contributed by atoms with Gasteiger partial charge < -0.3 is 10.6 Å². The Kier molecular flexibility index (Phi) is 4.99. The summed E-state index contributed by atoms with van der Waals surface area (Å²) in [4.78, 5) is 7.00. The number of hydrogen-bond acceptors (Lipinski definition) is 3. The highest BCUT2D eigenvalue weighted by atomic mass is 15.2. The molecule has 0 aromatic carbocycles. The molecule has 0 spiro atoms. The Morgan fingerprint density at radius 3 is 2.70 bits per heavy atom. The predicted molar refractivity (Wildman–Crippen MR) is 84.3 cm³/mol. The molecule has 1 saturated carbocycles. The first-order chi connectivity index (χ1) is 9.58. The van der Waals surface area contributed by atoms with Crippen molar-refractivity contribution in [1.29, 1.82) is 5.41 Å². The number of nitrogens with one attached hydrogen (secondary N) is 1. The second-order valence-electron chi connectivity index (χ2n) is 6.11. The molecule has 1 fully saturated rings. The van der Waals surface area contributed by atoms with Crippen LogP contribution in [0.1, 0.15) is 51.6 Å². The van der Waals surface area contributed by atoms with E-state index in [1.807, 2.05) is 12.1 Å². The number of anilines is 1. The Balaban J connectivity index is 2.20. The van der Waals surface area contributed by atoms with Gasteiger partial charge in [0.25, 0.3) is 0 Å². The van der Waals surface area contributed by atoms with Gasteiger partial charge in [-0.1, -0.05) is 32.8 Å². The molecule has 0 radical (unpaired) electrons. The fourth-order valence-electron chi connectivity index (χ4n) is 2.83. The van der Waals surface area contributed by atoms with E-state index in [1.54, 1.807) is 6.07 Å². The molecule has 0 saturated heterocycles. The second kappa shape index (κ2) is 6.73. The fraction of sp³-hybridized carbons (Fsp3) is 0.625. The molecule has 3 N–H and O–H groups in total. The van der Waals surface area contributed by atoms with Crippen molar-refractivity contribution in [3.8, 4) is 0 Å². The first-order valence-electron chi connectivity index (χ1n) is 7.66. The maximum absolute atomic E-state index is 7.55. The highest BCUT2D eigenvalue weighted by Crippen LogP contribution is 2.28. The molecule has 1 aliphatic carbocycles. The SMILES string of the molecule is CC(C)CCN(c1cccc(C(=N)N)n1)C1CCCC1. The van der Waals surface area contributed by atoms with Crippen molar-refractivity contribution in [3.05, 3.63) is 23.9 Å². The van der Waals surface area contributed by atoms with Crippen molar-refractivity contribution >= 4 is 11.7 Å². The molecule has 0 bridgehead atoms. The van der Waals surface area contributed by atoms with Crippen LogP contribution in [-0.4, -0.2) is 23.4 Å². The quantitative estimate of drug-likeness (QED) is 0.618. The van der Waals surface area contributed by atoms with Gasteiger partial charge in [-0.2, -0.15) is 0 Å². The summed E-state index contributed by atoms with van der Waals surface area (Å²) in [5.74, 6) is 1.71. The van der Waals surface area contributed by atoms with Gasteiger partial charge >= 0.3 is 0 Å². The van der Waals surface area contributed by atoms with Crippen molar-refractivity contribution < 1.29 is 0 Å². The molecule has 1 aliphatic rings. The molecule has 1 aromatic rings. The molecule has 2 rings (SSSR count). The molecule has 1 heterocycles. The lowest BCUT2D eigenvalue weighted by atomic mass is 10.1. The zero-order valence-electron chi connectivity index (χ0n) is 12.6. The molecular formula is C16H26N4. The van der Waals surface area contributed by atoms with Crippen LogP contribution >= 0.6 is 0 Å². The zero-order valence-corrected chi connectivity index (χ0v) is 12.6. The summed E-state index contributed by atoms with van der Waals surface area (Å²) in [6, 6.07) is 6.41. The van der Waals surface area contributed by atoms with Gasteiger partial charge in [0, 0.05) is 12.6 Å². The second-order valence-corrected chi connectivity index (χ2v) is 6.11. The normalized spacial score (nSPS) is 15.8. The van der Waals surface area contributed by atoms with Crippen LogP contribution in [0.25, 0.3) is 0 Å². The van der Waals surface area contributed by atoms with Crippen LogP contribution in [0.3, 0.4) is 0 Å². The maximum Gasteiger partial charge on any atom is 0.141 e. The summed E-state index contributed by atoms with van der Waals surface area (Å²) in [5.41, 5.74) is 6.14. The van der Waals surface area contributed by atoms with Gasteiger partial charge in [0.05, 0.1) is 0 Å². The topological polar surface area (TPSA) is 66.0 Å². The largest absolute Gasteiger partial charge is 0.382 e. The average molecular weight is 274 g/mol. The van der Waals surface area contributed by atoms with Crippen molar-refractivity contribution in [1.82, 2.24) is 4.98 Å². The van der Waals surface area contributed by atoms with Gasteiger partial charge in [-0.05, 0) is 37.3 Å². The lowest BCUT2D eigenvalue weighted by Gasteiger charge is -2.31. The Hall–Kier alpha value is -1.58. The van der Waals surface area contributed by atoms with Gasteiger partial charge in [0.2, 0.25) is 0 Å². The van der Waals surface area contributed by atoms with Crippen LogP contribution in [0.2, 0.25) is 0 Å². The number of rotatable bonds is 6. The minimum Gasteiger partial charge on any atom is -0.382 e. The van der Waals surface area contributed by atoms with Gasteiger partial charge in [-0.25, -0.2) is 4.98 Å². The Bertz CT molecular complexity index is 450. The average Bonchev–Trinajstić information content (AvgIpc) is 2.93. The third-order valence-electron chi connectivity index (χ3n) is 4.02. The molecule has 1 aromatic heterocycles. The van der Waals surface area contributed by atoms with Gasteiger partial charge in [-0.15, -0.1) is 0 Å². The number of aromatic nitrogens is 1. The lowest BCUT2D eigenvalue weighted by molar-refractivity contribution is 0.525. The van der Waals surface area contributed by atoms with Crippen LogP contribution < -0.4 is 10.6 Å². The van der Waals surface area contributed by atoms with E-state index >= 15 is 0 Å². The van der Waals surface area contributed by atoms with Crippen molar-refractivity contribution in [2.24, 2.45) is 11.7 Å². The van der Waals surface area contributed by atoms with E-state index < -0.39 is 0 Å². The van der Waals surface area contributed by atoms with Gasteiger partial charge in [0.15, 0.2) is 0 Å². The molecule has 4 nitrogen and oxygen atoms in total. The van der Waals surface area contributed by atoms with Crippen molar-refractivity contribution in [2.45, 2.75) is 52.0 Å².